The van der Waals surface area contributed by atoms with E-state index in [1.54, 1.807) is 30.7 Å². The third-order valence-corrected chi connectivity index (χ3v) is 6.82. The van der Waals surface area contributed by atoms with Crippen LogP contribution in [0.5, 0.6) is 17.2 Å². The van der Waals surface area contributed by atoms with Crippen molar-refractivity contribution in [3.63, 3.8) is 0 Å². The summed E-state index contributed by atoms with van der Waals surface area (Å²) in [6, 6.07) is 32.6. The monoisotopic (exact) mass is 503 g/mol. The number of rotatable bonds is 5. The first kappa shape index (κ1) is 23.4. The lowest BCUT2D eigenvalue weighted by molar-refractivity contribution is 0.513. The molecule has 0 aromatic heterocycles. The maximum Gasteiger partial charge on any atom is 0.292 e. The number of fused-ring (bicyclic) bond motifs is 3. The van der Waals surface area contributed by atoms with Crippen molar-refractivity contribution in [3.05, 3.63) is 103 Å². The predicted molar refractivity (Wildman–Crippen MR) is 149 cm³/mol. The van der Waals surface area contributed by atoms with Gasteiger partial charge in [-0.3, -0.25) is 0 Å². The number of nitrogens with zero attached hydrogens (tertiary/aromatic N) is 3. The zero-order valence-electron chi connectivity index (χ0n) is 20.4. The second kappa shape index (κ2) is 9.79. The third kappa shape index (κ3) is 3.89. The van der Waals surface area contributed by atoms with Crippen LogP contribution in [0.3, 0.4) is 0 Å². The quantitative estimate of drug-likeness (QED) is 0.221. The van der Waals surface area contributed by atoms with E-state index in [0.717, 1.165) is 54.6 Å². The molecule has 6 aromatic rings. The molecule has 6 rings (SSSR count). The minimum absolute atomic E-state index is 0.432. The Morgan fingerprint density at radius 3 is 1.51 bits per heavy atom. The molecule has 39 heavy (non-hydrogen) atoms. The highest BCUT2D eigenvalue weighted by Crippen LogP contribution is 2.45. The average molecular weight is 504 g/mol. The fourth-order valence-corrected chi connectivity index (χ4v) is 5.27. The van der Waals surface area contributed by atoms with Crippen LogP contribution in [-0.4, -0.2) is 0 Å². The van der Waals surface area contributed by atoms with Crippen molar-refractivity contribution in [2.24, 2.45) is 0 Å². The lowest BCUT2D eigenvalue weighted by atomic mass is 9.88. The molecule has 0 aliphatic rings. The Morgan fingerprint density at radius 1 is 0.359 bits per heavy atom. The summed E-state index contributed by atoms with van der Waals surface area (Å²) in [6.07, 6.45) is 5.35. The van der Waals surface area contributed by atoms with E-state index in [0.29, 0.717) is 17.2 Å². The highest BCUT2D eigenvalue weighted by Gasteiger charge is 2.18. The fourth-order valence-electron chi connectivity index (χ4n) is 5.27. The average Bonchev–Trinajstić information content (AvgIpc) is 2.97. The highest BCUT2D eigenvalue weighted by molar-refractivity contribution is 6.15. The van der Waals surface area contributed by atoms with Gasteiger partial charge in [-0.1, -0.05) is 78.9 Å². The van der Waals surface area contributed by atoms with E-state index >= 15 is 0 Å². The van der Waals surface area contributed by atoms with E-state index in [9.17, 15) is 5.26 Å². The van der Waals surface area contributed by atoms with Gasteiger partial charge in [-0.2, -0.15) is 0 Å². The summed E-state index contributed by atoms with van der Waals surface area (Å²) < 4.78 is 15.9. The minimum Gasteiger partial charge on any atom is -0.387 e. The summed E-state index contributed by atoms with van der Waals surface area (Å²) in [5.74, 6) is 1.39. The van der Waals surface area contributed by atoms with Gasteiger partial charge in [-0.05, 0) is 62.7 Å². The standard InChI is InChI=1S/C33H17N3O3/c34-18-37-30-12-4-9-22-23(8-3-10-27(22)30)29-15-14-25(28-11-5-13-32(33(28)29)39-20-36)24-16-17-31(38-19-35)26-7-2-1-6-21(24)26/h1-17H. The summed E-state index contributed by atoms with van der Waals surface area (Å²) in [4.78, 5) is 0. The number of ether oxygens (including phenoxy) is 3. The Kier molecular flexibility index (Phi) is 5.87. The molecule has 0 saturated carbocycles. The van der Waals surface area contributed by atoms with Gasteiger partial charge in [0, 0.05) is 16.2 Å². The van der Waals surface area contributed by atoms with E-state index in [4.69, 9.17) is 24.7 Å². The Hall–Kier alpha value is -6.03. The van der Waals surface area contributed by atoms with Crippen LogP contribution in [0.25, 0.3) is 54.6 Å². The lowest BCUT2D eigenvalue weighted by Gasteiger charge is -2.17. The van der Waals surface area contributed by atoms with Crippen LogP contribution in [0.4, 0.5) is 0 Å². The van der Waals surface area contributed by atoms with Gasteiger partial charge >= 0.3 is 0 Å². The first-order valence-corrected chi connectivity index (χ1v) is 12.0. The summed E-state index contributed by atoms with van der Waals surface area (Å²) in [6.45, 7) is 0. The molecular formula is C33H17N3O3. The Balaban J connectivity index is 1.68. The zero-order chi connectivity index (χ0) is 26.8. The molecule has 0 saturated heterocycles. The third-order valence-electron chi connectivity index (χ3n) is 6.82. The van der Waals surface area contributed by atoms with Crippen molar-refractivity contribution < 1.29 is 14.2 Å². The summed E-state index contributed by atoms with van der Waals surface area (Å²) in [7, 11) is 0. The summed E-state index contributed by atoms with van der Waals surface area (Å²) in [5, 5.41) is 32.8. The van der Waals surface area contributed by atoms with Crippen LogP contribution >= 0.6 is 0 Å². The van der Waals surface area contributed by atoms with E-state index in [1.807, 2.05) is 85.1 Å². The molecule has 0 unspecified atom stereocenters. The van der Waals surface area contributed by atoms with Crippen molar-refractivity contribution in [2.45, 2.75) is 0 Å². The number of hydrogen-bond donors (Lipinski definition) is 0. The molecule has 0 amide bonds. The van der Waals surface area contributed by atoms with Gasteiger partial charge in [0.2, 0.25) is 0 Å². The van der Waals surface area contributed by atoms with E-state index < -0.39 is 0 Å². The van der Waals surface area contributed by atoms with Gasteiger partial charge in [-0.25, -0.2) is 0 Å². The maximum atomic E-state index is 9.46. The van der Waals surface area contributed by atoms with Gasteiger partial charge in [0.05, 0.1) is 0 Å². The Morgan fingerprint density at radius 2 is 0.795 bits per heavy atom. The van der Waals surface area contributed by atoms with Crippen LogP contribution in [0.1, 0.15) is 0 Å². The Labute approximate surface area is 223 Å². The second-order valence-corrected chi connectivity index (χ2v) is 8.73. The number of hydrogen-bond acceptors (Lipinski definition) is 6. The van der Waals surface area contributed by atoms with E-state index in [1.165, 1.54) is 0 Å². The molecule has 0 radical (unpaired) electrons. The molecule has 0 spiro atoms. The molecule has 0 fully saturated rings. The van der Waals surface area contributed by atoms with E-state index in [2.05, 4.69) is 6.07 Å². The maximum absolute atomic E-state index is 9.46. The number of nitriles is 3. The van der Waals surface area contributed by atoms with Crippen molar-refractivity contribution in [3.8, 4) is 58.3 Å². The molecule has 6 heteroatoms. The van der Waals surface area contributed by atoms with Crippen molar-refractivity contribution in [1.82, 2.24) is 0 Å². The molecule has 0 atom stereocenters. The summed E-state index contributed by atoms with van der Waals surface area (Å²) in [5.41, 5.74) is 3.66. The van der Waals surface area contributed by atoms with Gasteiger partial charge in [-0.15, -0.1) is 15.8 Å². The minimum atomic E-state index is 0.432. The molecule has 0 N–H and O–H groups in total. The first-order chi connectivity index (χ1) is 19.2. The Bertz CT molecular complexity index is 2050. The molecule has 6 aromatic carbocycles. The highest BCUT2D eigenvalue weighted by atomic mass is 16.5. The van der Waals surface area contributed by atoms with E-state index in [-0.39, 0.29) is 0 Å². The van der Waals surface area contributed by atoms with Crippen LogP contribution in [0.2, 0.25) is 0 Å². The van der Waals surface area contributed by atoms with Crippen molar-refractivity contribution >= 4 is 32.3 Å². The lowest BCUT2D eigenvalue weighted by Crippen LogP contribution is -1.93. The summed E-state index contributed by atoms with van der Waals surface area (Å²) >= 11 is 0. The van der Waals surface area contributed by atoms with Crippen LogP contribution in [-0.2, 0) is 0 Å². The first-order valence-electron chi connectivity index (χ1n) is 12.0. The van der Waals surface area contributed by atoms with Crippen molar-refractivity contribution in [1.29, 1.82) is 15.8 Å². The predicted octanol–water partition coefficient (Wildman–Crippen LogP) is 8.06. The largest absolute Gasteiger partial charge is 0.387 e. The van der Waals surface area contributed by atoms with Crippen LogP contribution in [0, 0.1) is 34.6 Å². The second-order valence-electron chi connectivity index (χ2n) is 8.73. The molecule has 0 heterocycles. The molecular weight excluding hydrogens is 486 g/mol. The van der Waals surface area contributed by atoms with Crippen LogP contribution < -0.4 is 14.2 Å². The van der Waals surface area contributed by atoms with Crippen LogP contribution in [0.15, 0.2) is 103 Å². The SMILES string of the molecule is N#COc1ccc(-c2ccc(-c3cccc4c(OC#N)cccc34)c3c(OC#N)cccc23)c2ccccc12. The normalized spacial score (nSPS) is 10.5. The molecule has 0 bridgehead atoms. The number of benzene rings is 6. The molecule has 182 valence electrons. The molecule has 6 nitrogen and oxygen atoms in total. The van der Waals surface area contributed by atoms with Gasteiger partial charge < -0.3 is 14.2 Å². The van der Waals surface area contributed by atoms with Gasteiger partial charge in [0.25, 0.3) is 18.8 Å². The molecule has 0 aliphatic heterocycles. The fraction of sp³-hybridized carbons (Fsp3) is 0. The van der Waals surface area contributed by atoms with Crippen molar-refractivity contribution in [2.75, 3.05) is 0 Å². The molecule has 0 aliphatic carbocycles. The smallest absolute Gasteiger partial charge is 0.292 e. The topological polar surface area (TPSA) is 99.1 Å². The van der Waals surface area contributed by atoms with Gasteiger partial charge in [0.1, 0.15) is 11.5 Å². The van der Waals surface area contributed by atoms with Gasteiger partial charge in [0.15, 0.2) is 5.75 Å². The zero-order valence-corrected chi connectivity index (χ0v) is 20.4.